The maximum absolute atomic E-state index is 13.6. The van der Waals surface area contributed by atoms with E-state index in [-0.39, 0.29) is 23.5 Å². The molecule has 0 bridgehead atoms. The molecule has 0 amide bonds. The van der Waals surface area contributed by atoms with Gasteiger partial charge < -0.3 is 15.3 Å². The van der Waals surface area contributed by atoms with E-state index < -0.39 is 34.1 Å². The van der Waals surface area contributed by atoms with Crippen LogP contribution in [0.1, 0.15) is 0 Å². The number of carboxylic acid groups (broad SMARTS) is 1. The molecule has 2 unspecified atom stereocenters. The zero-order chi connectivity index (χ0) is 20.9. The molecular formula is C19H17FN2O6S. The molecule has 152 valence electrons. The summed E-state index contributed by atoms with van der Waals surface area (Å²) in [6, 6.07) is 9.61. The largest absolute Gasteiger partial charge is 0.464 e. The number of carbonyl (C=O) groups is 1. The lowest BCUT2D eigenvalue weighted by atomic mass is 10.1. The minimum atomic E-state index is -3.90. The van der Waals surface area contributed by atoms with Gasteiger partial charge in [-0.3, -0.25) is 4.57 Å². The van der Waals surface area contributed by atoms with E-state index in [0.29, 0.717) is 16.5 Å². The Bertz CT molecular complexity index is 1200. The average Bonchev–Trinajstić information content (AvgIpc) is 3.22. The molecule has 1 saturated heterocycles. The molecule has 1 fully saturated rings. The van der Waals surface area contributed by atoms with E-state index in [2.05, 4.69) is 0 Å². The summed E-state index contributed by atoms with van der Waals surface area (Å²) in [5.41, 5.74) is 1.25. The van der Waals surface area contributed by atoms with Crippen molar-refractivity contribution >= 4 is 27.0 Å². The van der Waals surface area contributed by atoms with E-state index in [1.54, 1.807) is 0 Å². The Morgan fingerprint density at radius 3 is 2.24 bits per heavy atom. The van der Waals surface area contributed by atoms with Crippen LogP contribution in [0.4, 0.5) is 9.18 Å². The highest BCUT2D eigenvalue weighted by Gasteiger charge is 2.37. The molecule has 2 aromatic carbocycles. The van der Waals surface area contributed by atoms with Crippen LogP contribution in [-0.2, 0) is 10.0 Å². The van der Waals surface area contributed by atoms with Gasteiger partial charge in [-0.2, -0.15) is 4.31 Å². The highest BCUT2D eigenvalue weighted by Crippen LogP contribution is 2.32. The number of aromatic nitrogens is 1. The van der Waals surface area contributed by atoms with Crippen LogP contribution in [0, 0.1) is 5.82 Å². The number of nitrogens with zero attached hydrogens (tertiary/aromatic N) is 2. The molecular weight excluding hydrogens is 403 g/mol. The van der Waals surface area contributed by atoms with Crippen LogP contribution < -0.4 is 0 Å². The van der Waals surface area contributed by atoms with Crippen molar-refractivity contribution in [2.75, 3.05) is 13.1 Å². The van der Waals surface area contributed by atoms with Gasteiger partial charge in [-0.25, -0.2) is 17.6 Å². The first-order valence-corrected chi connectivity index (χ1v) is 10.1. The summed E-state index contributed by atoms with van der Waals surface area (Å²) in [6.07, 6.45) is -2.18. The SMILES string of the molecule is O=C(O)n1cc(-c2ccc(S(=O)(=O)N3CC(O)C(O)C3)cc2)c2ccc(F)cc21. The number of hydrogen-bond donors (Lipinski definition) is 3. The standard InChI is InChI=1S/C19H17FN2O6S/c20-12-3-6-14-15(8-22(19(25)26)16(14)7-12)11-1-4-13(5-2-11)29(27,28)21-9-17(23)18(24)10-21/h1-8,17-18,23-24H,9-10H2,(H,25,26). The van der Waals surface area contributed by atoms with Gasteiger partial charge in [-0.15, -0.1) is 0 Å². The minimum absolute atomic E-state index is 0.0180. The summed E-state index contributed by atoms with van der Waals surface area (Å²) in [4.78, 5) is 11.5. The maximum atomic E-state index is 13.6. The maximum Gasteiger partial charge on any atom is 0.416 e. The average molecular weight is 420 g/mol. The molecule has 8 nitrogen and oxygen atoms in total. The molecule has 10 heteroatoms. The van der Waals surface area contributed by atoms with E-state index in [1.807, 2.05) is 0 Å². The predicted molar refractivity (Wildman–Crippen MR) is 102 cm³/mol. The monoisotopic (exact) mass is 420 g/mol. The molecule has 29 heavy (non-hydrogen) atoms. The molecule has 0 radical (unpaired) electrons. The summed E-state index contributed by atoms with van der Waals surface area (Å²) in [7, 11) is -3.90. The second-order valence-corrected chi connectivity index (χ2v) is 8.78. The lowest BCUT2D eigenvalue weighted by Crippen LogP contribution is -2.29. The summed E-state index contributed by atoms with van der Waals surface area (Å²) in [6.45, 7) is -0.383. The first-order valence-electron chi connectivity index (χ1n) is 8.69. The van der Waals surface area contributed by atoms with Crippen molar-refractivity contribution in [2.24, 2.45) is 0 Å². The number of β-amino-alcohol motifs (C(OH)–C–C–N with tert-alkyl or cyclic N) is 2. The van der Waals surface area contributed by atoms with Gasteiger partial charge in [0.2, 0.25) is 10.0 Å². The van der Waals surface area contributed by atoms with Crippen LogP contribution in [0.15, 0.2) is 53.6 Å². The number of aliphatic hydroxyl groups excluding tert-OH is 2. The van der Waals surface area contributed by atoms with E-state index in [4.69, 9.17) is 0 Å². The second kappa shape index (κ2) is 6.92. The molecule has 1 aromatic heterocycles. The molecule has 3 N–H and O–H groups in total. The van der Waals surface area contributed by atoms with Crippen LogP contribution in [0.5, 0.6) is 0 Å². The number of aliphatic hydroxyl groups is 2. The quantitative estimate of drug-likeness (QED) is 0.593. The van der Waals surface area contributed by atoms with Crippen LogP contribution in [0.25, 0.3) is 22.0 Å². The van der Waals surface area contributed by atoms with E-state index in [1.165, 1.54) is 42.6 Å². The predicted octanol–water partition coefficient (Wildman–Crippen LogP) is 1.70. The van der Waals surface area contributed by atoms with E-state index in [0.717, 1.165) is 14.9 Å². The number of halogens is 1. The fourth-order valence-corrected chi connectivity index (χ4v) is 4.95. The van der Waals surface area contributed by atoms with Gasteiger partial charge in [0.05, 0.1) is 22.6 Å². The van der Waals surface area contributed by atoms with Crippen LogP contribution >= 0.6 is 0 Å². The van der Waals surface area contributed by atoms with Crippen LogP contribution in [0.3, 0.4) is 0 Å². The normalized spacial score (nSPS) is 20.4. The third-order valence-electron chi connectivity index (χ3n) is 5.00. The fraction of sp³-hybridized carbons (Fsp3) is 0.211. The van der Waals surface area contributed by atoms with Crippen LogP contribution in [0.2, 0.25) is 0 Å². The lowest BCUT2D eigenvalue weighted by molar-refractivity contribution is 0.0572. The van der Waals surface area contributed by atoms with Crippen molar-refractivity contribution in [2.45, 2.75) is 17.1 Å². The molecule has 1 aliphatic rings. The summed E-state index contributed by atoms with van der Waals surface area (Å²) in [5.74, 6) is -0.568. The van der Waals surface area contributed by atoms with Crippen molar-refractivity contribution in [3.05, 3.63) is 54.5 Å². The zero-order valence-electron chi connectivity index (χ0n) is 14.9. The molecule has 2 heterocycles. The Morgan fingerprint density at radius 2 is 1.66 bits per heavy atom. The van der Waals surface area contributed by atoms with Gasteiger partial charge in [0.1, 0.15) is 5.82 Å². The van der Waals surface area contributed by atoms with Crippen molar-refractivity contribution < 1.29 is 32.9 Å². The van der Waals surface area contributed by atoms with Crippen molar-refractivity contribution in [1.82, 2.24) is 8.87 Å². The Morgan fingerprint density at radius 1 is 1.03 bits per heavy atom. The van der Waals surface area contributed by atoms with Crippen LogP contribution in [-0.4, -0.2) is 64.0 Å². The lowest BCUT2D eigenvalue weighted by Gasteiger charge is -2.15. The van der Waals surface area contributed by atoms with Crippen molar-refractivity contribution in [1.29, 1.82) is 0 Å². The van der Waals surface area contributed by atoms with Crippen molar-refractivity contribution in [3.8, 4) is 11.1 Å². The number of sulfonamides is 1. The smallest absolute Gasteiger partial charge is 0.416 e. The number of hydrogen-bond acceptors (Lipinski definition) is 5. The first kappa shape index (κ1) is 19.5. The van der Waals surface area contributed by atoms with Gasteiger partial charge in [0.25, 0.3) is 0 Å². The molecule has 0 saturated carbocycles. The zero-order valence-corrected chi connectivity index (χ0v) is 15.8. The second-order valence-electron chi connectivity index (χ2n) is 6.84. The Balaban J connectivity index is 1.73. The number of benzene rings is 2. The summed E-state index contributed by atoms with van der Waals surface area (Å²) in [5, 5.41) is 29.1. The van der Waals surface area contributed by atoms with Crippen molar-refractivity contribution in [3.63, 3.8) is 0 Å². The Labute approximate surface area is 165 Å². The highest BCUT2D eigenvalue weighted by molar-refractivity contribution is 7.89. The molecule has 2 atom stereocenters. The molecule has 3 aromatic rings. The molecule has 0 aliphatic carbocycles. The molecule has 1 aliphatic heterocycles. The minimum Gasteiger partial charge on any atom is -0.464 e. The van der Waals surface area contributed by atoms with Gasteiger partial charge in [0.15, 0.2) is 0 Å². The van der Waals surface area contributed by atoms with Gasteiger partial charge >= 0.3 is 6.09 Å². The third kappa shape index (κ3) is 3.29. The topological polar surface area (TPSA) is 120 Å². The first-order chi connectivity index (χ1) is 13.7. The highest BCUT2D eigenvalue weighted by atomic mass is 32.2. The molecule has 0 spiro atoms. The Kier molecular flexibility index (Phi) is 4.66. The van der Waals surface area contributed by atoms with E-state index in [9.17, 15) is 32.9 Å². The van der Waals surface area contributed by atoms with Gasteiger partial charge in [-0.1, -0.05) is 12.1 Å². The summed E-state index contributed by atoms with van der Waals surface area (Å²) >= 11 is 0. The van der Waals surface area contributed by atoms with Gasteiger partial charge in [-0.05, 0) is 35.9 Å². The summed E-state index contributed by atoms with van der Waals surface area (Å²) < 4.78 is 40.9. The van der Waals surface area contributed by atoms with E-state index >= 15 is 0 Å². The Hall–Kier alpha value is -2.79. The van der Waals surface area contributed by atoms with Gasteiger partial charge in [0, 0.05) is 30.2 Å². The third-order valence-corrected chi connectivity index (χ3v) is 6.85. The number of rotatable bonds is 3. The molecule has 4 rings (SSSR count). The number of fused-ring (bicyclic) bond motifs is 1. The fourth-order valence-electron chi connectivity index (χ4n) is 3.48.